The Morgan fingerprint density at radius 1 is 1.47 bits per heavy atom. The zero-order valence-electron chi connectivity index (χ0n) is 8.17. The van der Waals surface area contributed by atoms with Crippen molar-refractivity contribution in [2.75, 3.05) is 5.32 Å². The van der Waals surface area contributed by atoms with Crippen LogP contribution in [-0.2, 0) is 6.54 Å². The van der Waals surface area contributed by atoms with E-state index in [2.05, 4.69) is 26.4 Å². The first-order valence-corrected chi connectivity index (χ1v) is 5.54. The Morgan fingerprint density at radius 2 is 2.33 bits per heavy atom. The van der Waals surface area contributed by atoms with Crippen molar-refractivity contribution in [2.45, 2.75) is 13.5 Å². The average molecular weight is 265 g/mol. The second kappa shape index (κ2) is 3.10. The van der Waals surface area contributed by atoms with Crippen LogP contribution < -0.4 is 5.32 Å². The lowest BCUT2D eigenvalue weighted by Crippen LogP contribution is -2.08. The standard InChI is InChI=1S/C11H9BrN2O/c1-6-8-5-13-10-7(11(8)15-14-6)3-2-4-9(10)12/h2-4,13H,5H2,1H3. The zero-order chi connectivity index (χ0) is 10.4. The smallest absolute Gasteiger partial charge is 0.174 e. The highest BCUT2D eigenvalue weighted by molar-refractivity contribution is 9.10. The van der Waals surface area contributed by atoms with E-state index in [1.165, 1.54) is 0 Å². The topological polar surface area (TPSA) is 38.1 Å². The molecule has 1 aromatic heterocycles. The minimum Gasteiger partial charge on any atom is -0.379 e. The number of rotatable bonds is 0. The van der Waals surface area contributed by atoms with Gasteiger partial charge in [-0.3, -0.25) is 0 Å². The molecular weight excluding hydrogens is 256 g/mol. The Kier molecular flexibility index (Phi) is 1.85. The summed E-state index contributed by atoms with van der Waals surface area (Å²) in [5.74, 6) is 0.891. The quantitative estimate of drug-likeness (QED) is 0.793. The molecule has 76 valence electrons. The van der Waals surface area contributed by atoms with Crippen molar-refractivity contribution in [3.63, 3.8) is 0 Å². The Morgan fingerprint density at radius 3 is 3.20 bits per heavy atom. The predicted molar refractivity (Wildman–Crippen MR) is 61.7 cm³/mol. The van der Waals surface area contributed by atoms with E-state index in [0.29, 0.717) is 0 Å². The van der Waals surface area contributed by atoms with Crippen molar-refractivity contribution in [3.05, 3.63) is 33.9 Å². The molecule has 0 aliphatic carbocycles. The van der Waals surface area contributed by atoms with Gasteiger partial charge in [-0.15, -0.1) is 0 Å². The number of nitrogens with zero attached hydrogens (tertiary/aromatic N) is 1. The van der Waals surface area contributed by atoms with Gasteiger partial charge in [0, 0.05) is 22.1 Å². The van der Waals surface area contributed by atoms with Crippen LogP contribution in [0.5, 0.6) is 0 Å². The number of aromatic nitrogens is 1. The maximum absolute atomic E-state index is 5.36. The average Bonchev–Trinajstić information content (AvgIpc) is 2.61. The van der Waals surface area contributed by atoms with Gasteiger partial charge >= 0.3 is 0 Å². The summed E-state index contributed by atoms with van der Waals surface area (Å²) in [7, 11) is 0. The highest BCUT2D eigenvalue weighted by atomic mass is 79.9. The van der Waals surface area contributed by atoms with Crippen LogP contribution in [0, 0.1) is 6.92 Å². The maximum Gasteiger partial charge on any atom is 0.174 e. The lowest BCUT2D eigenvalue weighted by Gasteiger charge is -2.17. The van der Waals surface area contributed by atoms with Crippen LogP contribution in [0.2, 0.25) is 0 Å². The fourth-order valence-corrected chi connectivity index (χ4v) is 2.38. The number of anilines is 1. The second-order valence-electron chi connectivity index (χ2n) is 3.59. The molecule has 4 heteroatoms. The molecule has 3 rings (SSSR count). The number of aryl methyl sites for hydroxylation is 1. The Bertz CT molecular complexity index is 533. The Hall–Kier alpha value is -1.29. The largest absolute Gasteiger partial charge is 0.379 e. The Labute approximate surface area is 95.6 Å². The molecule has 0 fully saturated rings. The zero-order valence-corrected chi connectivity index (χ0v) is 9.76. The minimum absolute atomic E-state index is 0.778. The molecule has 0 unspecified atom stereocenters. The summed E-state index contributed by atoms with van der Waals surface area (Å²) in [6.07, 6.45) is 0. The van der Waals surface area contributed by atoms with Crippen LogP contribution in [0.15, 0.2) is 27.2 Å². The molecule has 0 saturated heterocycles. The van der Waals surface area contributed by atoms with Crippen molar-refractivity contribution >= 4 is 21.6 Å². The molecule has 2 aromatic rings. The van der Waals surface area contributed by atoms with Crippen LogP contribution in [0.1, 0.15) is 11.3 Å². The van der Waals surface area contributed by atoms with Crippen molar-refractivity contribution in [1.82, 2.24) is 5.16 Å². The van der Waals surface area contributed by atoms with Gasteiger partial charge in [0.1, 0.15) is 0 Å². The molecule has 1 aromatic carbocycles. The fraction of sp³-hybridized carbons (Fsp3) is 0.182. The third kappa shape index (κ3) is 1.21. The second-order valence-corrected chi connectivity index (χ2v) is 4.45. The summed E-state index contributed by atoms with van der Waals surface area (Å²) in [5.41, 5.74) is 4.27. The van der Waals surface area contributed by atoms with Crippen molar-refractivity contribution in [1.29, 1.82) is 0 Å². The van der Waals surface area contributed by atoms with Gasteiger partial charge in [-0.05, 0) is 35.0 Å². The first-order chi connectivity index (χ1) is 7.27. The van der Waals surface area contributed by atoms with Crippen LogP contribution in [-0.4, -0.2) is 5.16 Å². The molecular formula is C11H9BrN2O. The van der Waals surface area contributed by atoms with Crippen molar-refractivity contribution < 1.29 is 4.52 Å². The molecule has 0 saturated carbocycles. The van der Waals surface area contributed by atoms with E-state index in [0.717, 1.165) is 39.3 Å². The number of nitrogens with one attached hydrogen (secondary N) is 1. The summed E-state index contributed by atoms with van der Waals surface area (Å²) in [5, 5.41) is 7.36. The van der Waals surface area contributed by atoms with Gasteiger partial charge < -0.3 is 9.84 Å². The lowest BCUT2D eigenvalue weighted by molar-refractivity contribution is 0.426. The summed E-state index contributed by atoms with van der Waals surface area (Å²) in [4.78, 5) is 0. The lowest BCUT2D eigenvalue weighted by atomic mass is 10.0. The van der Waals surface area contributed by atoms with Crippen LogP contribution in [0.25, 0.3) is 11.3 Å². The highest BCUT2D eigenvalue weighted by Crippen LogP contribution is 2.40. The van der Waals surface area contributed by atoms with E-state index in [1.807, 2.05) is 25.1 Å². The molecule has 3 nitrogen and oxygen atoms in total. The normalized spacial score (nSPS) is 12.9. The van der Waals surface area contributed by atoms with Gasteiger partial charge in [0.05, 0.1) is 11.4 Å². The number of benzene rings is 1. The molecule has 0 spiro atoms. The SMILES string of the molecule is Cc1noc2c1CNc1c(Br)cccc1-2. The third-order valence-electron chi connectivity index (χ3n) is 2.68. The van der Waals surface area contributed by atoms with E-state index in [4.69, 9.17) is 4.52 Å². The van der Waals surface area contributed by atoms with Gasteiger partial charge in [-0.2, -0.15) is 0 Å². The van der Waals surface area contributed by atoms with Crippen molar-refractivity contribution in [2.24, 2.45) is 0 Å². The van der Waals surface area contributed by atoms with E-state index >= 15 is 0 Å². The number of halogens is 1. The maximum atomic E-state index is 5.36. The molecule has 0 radical (unpaired) electrons. The fourth-order valence-electron chi connectivity index (χ4n) is 1.88. The summed E-state index contributed by atoms with van der Waals surface area (Å²) in [6.45, 7) is 2.74. The van der Waals surface area contributed by atoms with Gasteiger partial charge in [0.25, 0.3) is 0 Å². The minimum atomic E-state index is 0.778. The van der Waals surface area contributed by atoms with E-state index in [9.17, 15) is 0 Å². The summed E-state index contributed by atoms with van der Waals surface area (Å²) in [6, 6.07) is 6.05. The van der Waals surface area contributed by atoms with E-state index in [-0.39, 0.29) is 0 Å². The van der Waals surface area contributed by atoms with Gasteiger partial charge in [0.15, 0.2) is 5.76 Å². The first-order valence-electron chi connectivity index (χ1n) is 4.75. The van der Waals surface area contributed by atoms with Crippen LogP contribution in [0.4, 0.5) is 5.69 Å². The molecule has 1 aliphatic heterocycles. The summed E-state index contributed by atoms with van der Waals surface area (Å²) >= 11 is 3.52. The van der Waals surface area contributed by atoms with Crippen LogP contribution in [0.3, 0.4) is 0 Å². The van der Waals surface area contributed by atoms with E-state index < -0.39 is 0 Å². The summed E-state index contributed by atoms with van der Waals surface area (Å²) < 4.78 is 6.41. The van der Waals surface area contributed by atoms with Gasteiger partial charge in [-0.25, -0.2) is 0 Å². The monoisotopic (exact) mass is 264 g/mol. The highest BCUT2D eigenvalue weighted by Gasteiger charge is 2.23. The molecule has 2 heterocycles. The molecule has 1 N–H and O–H groups in total. The van der Waals surface area contributed by atoms with Crippen molar-refractivity contribution in [3.8, 4) is 11.3 Å². The first kappa shape index (κ1) is 8.97. The number of hydrogen-bond donors (Lipinski definition) is 1. The molecule has 0 atom stereocenters. The molecule has 15 heavy (non-hydrogen) atoms. The van der Waals surface area contributed by atoms with Gasteiger partial charge in [-0.1, -0.05) is 11.2 Å². The van der Waals surface area contributed by atoms with Crippen LogP contribution >= 0.6 is 15.9 Å². The Balaban J connectivity index is 2.30. The third-order valence-corrected chi connectivity index (χ3v) is 3.35. The molecule has 1 aliphatic rings. The number of hydrogen-bond acceptors (Lipinski definition) is 3. The predicted octanol–water partition coefficient (Wildman–Crippen LogP) is 3.34. The van der Waals surface area contributed by atoms with E-state index in [1.54, 1.807) is 0 Å². The number of para-hydroxylation sites is 1. The molecule has 0 amide bonds. The number of fused-ring (bicyclic) bond motifs is 3. The molecule has 0 bridgehead atoms. The van der Waals surface area contributed by atoms with Gasteiger partial charge in [0.2, 0.25) is 0 Å².